The number of likely N-dealkylation sites (tertiary alicyclic amines) is 1. The zero-order chi connectivity index (χ0) is 24.0. The van der Waals surface area contributed by atoms with E-state index >= 15 is 0 Å². The second-order valence-electron chi connectivity index (χ2n) is 8.45. The van der Waals surface area contributed by atoms with Crippen LogP contribution >= 0.6 is 11.3 Å². The number of nitrogens with zero attached hydrogens (tertiary/aromatic N) is 4. The minimum absolute atomic E-state index is 0.150. The fourth-order valence-electron chi connectivity index (χ4n) is 4.86. The van der Waals surface area contributed by atoms with E-state index in [0.717, 1.165) is 30.0 Å². The lowest BCUT2D eigenvalue weighted by Crippen LogP contribution is -2.44. The third kappa shape index (κ3) is 3.67. The summed E-state index contributed by atoms with van der Waals surface area (Å²) in [5.41, 5.74) is 8.20. The van der Waals surface area contributed by atoms with Crippen molar-refractivity contribution in [1.29, 1.82) is 0 Å². The van der Waals surface area contributed by atoms with Crippen LogP contribution in [0.4, 0.5) is 4.79 Å². The molecule has 2 N–H and O–H groups in total. The van der Waals surface area contributed by atoms with Crippen LogP contribution in [-0.4, -0.2) is 57.3 Å². The van der Waals surface area contributed by atoms with Gasteiger partial charge in [0.05, 0.1) is 24.9 Å². The number of fused-ring (bicyclic) bond motifs is 2. The number of hydrogen-bond acceptors (Lipinski definition) is 6. The Morgan fingerprint density at radius 2 is 2.12 bits per heavy atom. The van der Waals surface area contributed by atoms with E-state index in [9.17, 15) is 9.59 Å². The molecule has 4 aromatic rings. The summed E-state index contributed by atoms with van der Waals surface area (Å²) < 4.78 is 15.1. The molecule has 34 heavy (non-hydrogen) atoms. The SMILES string of the molecule is CCn1c(-c2nc3cc(C(=O)N4CCCC(OC(N)=O)C4)cc(OC)c3n2C)cc2ccsc21. The van der Waals surface area contributed by atoms with Crippen molar-refractivity contribution in [3.05, 3.63) is 35.2 Å². The summed E-state index contributed by atoms with van der Waals surface area (Å²) in [7, 11) is 3.56. The van der Waals surface area contributed by atoms with Crippen LogP contribution in [-0.2, 0) is 18.3 Å². The predicted octanol–water partition coefficient (Wildman–Crippen LogP) is 3.98. The molecule has 4 heterocycles. The molecule has 0 aliphatic carbocycles. The van der Waals surface area contributed by atoms with Crippen molar-refractivity contribution in [2.45, 2.75) is 32.4 Å². The number of carbonyl (C=O) groups is 2. The first-order chi connectivity index (χ1) is 16.4. The second-order valence-corrected chi connectivity index (χ2v) is 9.34. The van der Waals surface area contributed by atoms with Gasteiger partial charge in [0.15, 0.2) is 5.82 Å². The van der Waals surface area contributed by atoms with Crippen molar-refractivity contribution in [3.63, 3.8) is 0 Å². The fourth-order valence-corrected chi connectivity index (χ4v) is 5.82. The molecular formula is C24H27N5O4S. The molecule has 0 radical (unpaired) electrons. The number of thiophene rings is 1. The zero-order valence-electron chi connectivity index (χ0n) is 19.4. The molecule has 5 rings (SSSR count). The molecule has 1 aromatic carbocycles. The standard InChI is InChI=1S/C24H27N5O4S/c1-4-29-18(11-14-7-9-34-23(14)29)21-26-17-10-15(12-19(32-3)20(17)27(21)2)22(30)28-8-5-6-16(13-28)33-24(25)31/h7,9-12,16H,4-6,8,13H2,1-3H3,(H2,25,31). The molecule has 10 heteroatoms. The summed E-state index contributed by atoms with van der Waals surface area (Å²) >= 11 is 1.71. The van der Waals surface area contributed by atoms with Crippen LogP contribution < -0.4 is 10.5 Å². The molecule has 0 bridgehead atoms. The number of rotatable bonds is 5. The van der Waals surface area contributed by atoms with Gasteiger partial charge in [0.1, 0.15) is 22.2 Å². The molecule has 1 aliphatic heterocycles. The molecule has 1 aliphatic rings. The van der Waals surface area contributed by atoms with Gasteiger partial charge >= 0.3 is 6.09 Å². The number of methoxy groups -OCH3 is 1. The van der Waals surface area contributed by atoms with Gasteiger partial charge in [-0.3, -0.25) is 4.79 Å². The lowest BCUT2D eigenvalue weighted by molar-refractivity contribution is 0.0373. The maximum Gasteiger partial charge on any atom is 0.404 e. The van der Waals surface area contributed by atoms with Crippen LogP contribution in [0.5, 0.6) is 5.75 Å². The molecule has 0 spiro atoms. The molecule has 9 nitrogen and oxygen atoms in total. The van der Waals surface area contributed by atoms with Crippen molar-refractivity contribution in [2.75, 3.05) is 20.2 Å². The number of hydrogen-bond donors (Lipinski definition) is 1. The number of ether oxygens (including phenoxy) is 2. The summed E-state index contributed by atoms with van der Waals surface area (Å²) in [6.45, 7) is 3.85. The van der Waals surface area contributed by atoms with Crippen molar-refractivity contribution in [2.24, 2.45) is 12.8 Å². The van der Waals surface area contributed by atoms with Gasteiger partial charge in [-0.2, -0.15) is 0 Å². The van der Waals surface area contributed by atoms with E-state index in [2.05, 4.69) is 29.0 Å². The lowest BCUT2D eigenvalue weighted by Gasteiger charge is -2.32. The number of amides is 2. The minimum atomic E-state index is -0.819. The monoisotopic (exact) mass is 481 g/mol. The Bertz CT molecular complexity index is 1400. The number of carbonyl (C=O) groups excluding carboxylic acids is 2. The Kier molecular flexibility index (Phi) is 5.68. The number of aryl methyl sites for hydroxylation is 2. The predicted molar refractivity (Wildman–Crippen MR) is 131 cm³/mol. The lowest BCUT2D eigenvalue weighted by atomic mass is 10.1. The highest BCUT2D eigenvalue weighted by Crippen LogP contribution is 2.35. The van der Waals surface area contributed by atoms with E-state index in [4.69, 9.17) is 20.2 Å². The first kappa shape index (κ1) is 22.3. The highest BCUT2D eigenvalue weighted by atomic mass is 32.1. The van der Waals surface area contributed by atoms with Gasteiger partial charge in [-0.25, -0.2) is 9.78 Å². The Hall–Kier alpha value is -3.53. The molecule has 2 amide bonds. The molecule has 1 fully saturated rings. The van der Waals surface area contributed by atoms with E-state index in [-0.39, 0.29) is 5.91 Å². The minimum Gasteiger partial charge on any atom is -0.494 e. The van der Waals surface area contributed by atoms with Gasteiger partial charge in [-0.1, -0.05) is 0 Å². The Labute approximate surface area is 200 Å². The largest absolute Gasteiger partial charge is 0.494 e. The van der Waals surface area contributed by atoms with Gasteiger partial charge in [-0.05, 0) is 49.4 Å². The van der Waals surface area contributed by atoms with E-state index < -0.39 is 12.2 Å². The molecule has 178 valence electrons. The maximum absolute atomic E-state index is 13.3. The van der Waals surface area contributed by atoms with Crippen molar-refractivity contribution in [1.82, 2.24) is 19.0 Å². The van der Waals surface area contributed by atoms with Crippen molar-refractivity contribution >= 4 is 44.6 Å². The average Bonchev–Trinajstić information content (AvgIpc) is 3.50. The Balaban J connectivity index is 1.55. The highest BCUT2D eigenvalue weighted by Gasteiger charge is 2.28. The van der Waals surface area contributed by atoms with Crippen LogP contribution in [0.3, 0.4) is 0 Å². The molecule has 1 unspecified atom stereocenters. The molecule has 1 saturated heterocycles. The molecular weight excluding hydrogens is 454 g/mol. The number of imidazole rings is 1. The van der Waals surface area contributed by atoms with Crippen LogP contribution in [0.25, 0.3) is 32.8 Å². The van der Waals surface area contributed by atoms with Crippen LogP contribution in [0.1, 0.15) is 30.1 Å². The van der Waals surface area contributed by atoms with Gasteiger partial charge in [0, 0.05) is 31.1 Å². The molecule has 0 saturated carbocycles. The third-order valence-electron chi connectivity index (χ3n) is 6.40. The Morgan fingerprint density at radius 1 is 1.29 bits per heavy atom. The number of aromatic nitrogens is 3. The molecule has 3 aromatic heterocycles. The Morgan fingerprint density at radius 3 is 2.85 bits per heavy atom. The molecule has 1 atom stereocenters. The van der Waals surface area contributed by atoms with E-state index in [1.54, 1.807) is 29.4 Å². The first-order valence-corrected chi connectivity index (χ1v) is 12.2. The van der Waals surface area contributed by atoms with Gasteiger partial charge in [-0.15, -0.1) is 11.3 Å². The van der Waals surface area contributed by atoms with Crippen LogP contribution in [0, 0.1) is 0 Å². The normalized spacial score (nSPS) is 16.3. The number of piperidine rings is 1. The number of nitrogens with two attached hydrogens (primary N) is 1. The van der Waals surface area contributed by atoms with Crippen molar-refractivity contribution in [3.8, 4) is 17.3 Å². The van der Waals surface area contributed by atoms with E-state index in [0.29, 0.717) is 36.3 Å². The number of benzene rings is 1. The van der Waals surface area contributed by atoms with Crippen LogP contribution in [0.15, 0.2) is 29.6 Å². The average molecular weight is 482 g/mol. The number of primary amides is 1. The van der Waals surface area contributed by atoms with E-state index in [1.807, 2.05) is 17.7 Å². The quantitative estimate of drug-likeness (QED) is 0.464. The van der Waals surface area contributed by atoms with Gasteiger partial charge in [0.2, 0.25) is 0 Å². The van der Waals surface area contributed by atoms with Crippen LogP contribution in [0.2, 0.25) is 0 Å². The fraction of sp³-hybridized carbons (Fsp3) is 0.375. The first-order valence-electron chi connectivity index (χ1n) is 11.3. The summed E-state index contributed by atoms with van der Waals surface area (Å²) in [5.74, 6) is 1.25. The van der Waals surface area contributed by atoms with Gasteiger partial charge in [0.25, 0.3) is 5.91 Å². The third-order valence-corrected chi connectivity index (χ3v) is 7.35. The summed E-state index contributed by atoms with van der Waals surface area (Å²) in [4.78, 5) is 32.3. The summed E-state index contributed by atoms with van der Waals surface area (Å²) in [5, 5.41) is 3.28. The van der Waals surface area contributed by atoms with Gasteiger partial charge < -0.3 is 29.2 Å². The second kappa shape index (κ2) is 8.68. The van der Waals surface area contributed by atoms with Crippen molar-refractivity contribution < 1.29 is 19.1 Å². The summed E-state index contributed by atoms with van der Waals surface area (Å²) in [6.07, 6.45) is 0.216. The summed E-state index contributed by atoms with van der Waals surface area (Å²) in [6, 6.07) is 7.83. The highest BCUT2D eigenvalue weighted by molar-refractivity contribution is 7.16. The van der Waals surface area contributed by atoms with E-state index in [1.165, 1.54) is 10.2 Å². The maximum atomic E-state index is 13.3. The topological polar surface area (TPSA) is 105 Å². The zero-order valence-corrected chi connectivity index (χ0v) is 20.2. The smallest absolute Gasteiger partial charge is 0.404 e.